The summed E-state index contributed by atoms with van der Waals surface area (Å²) in [5, 5.41) is 3.06. The van der Waals surface area contributed by atoms with E-state index < -0.39 is 0 Å². The van der Waals surface area contributed by atoms with E-state index in [0.717, 1.165) is 62.1 Å². The first-order valence-corrected chi connectivity index (χ1v) is 12.9. The number of nitrogens with zero attached hydrogens (tertiary/aromatic N) is 1. The number of hydrogen-bond acceptors (Lipinski definition) is 4. The van der Waals surface area contributed by atoms with E-state index in [4.69, 9.17) is 4.74 Å². The first kappa shape index (κ1) is 24.5. The topological polar surface area (TPSA) is 58.6 Å². The zero-order chi connectivity index (χ0) is 23.9. The predicted octanol–water partition coefficient (Wildman–Crippen LogP) is 5.91. The van der Waals surface area contributed by atoms with Crippen LogP contribution in [-0.2, 0) is 9.59 Å². The average molecular weight is 463 g/mol. The molecule has 0 spiro atoms. The van der Waals surface area contributed by atoms with Crippen LogP contribution in [0, 0.1) is 11.8 Å². The summed E-state index contributed by atoms with van der Waals surface area (Å²) in [4.78, 5) is 29.0. The molecule has 3 atom stereocenters. The quantitative estimate of drug-likeness (QED) is 0.504. The first-order valence-electron chi connectivity index (χ1n) is 12.9. The number of hydrogen-bond donors (Lipinski definition) is 1. The van der Waals surface area contributed by atoms with Gasteiger partial charge in [0.05, 0.1) is 12.1 Å². The zero-order valence-corrected chi connectivity index (χ0v) is 20.5. The van der Waals surface area contributed by atoms with Gasteiger partial charge >= 0.3 is 0 Å². The molecule has 2 aromatic rings. The molecule has 0 radical (unpaired) electrons. The molecule has 5 nitrogen and oxygen atoms in total. The lowest BCUT2D eigenvalue weighted by atomic mass is 9.76. The molecule has 1 heterocycles. The lowest BCUT2D eigenvalue weighted by molar-refractivity contribution is -0.141. The van der Waals surface area contributed by atoms with Crippen molar-refractivity contribution in [1.82, 2.24) is 10.2 Å². The summed E-state index contributed by atoms with van der Waals surface area (Å²) in [7, 11) is 1.81. The normalized spacial score (nSPS) is 20.6. The van der Waals surface area contributed by atoms with Gasteiger partial charge in [0.25, 0.3) is 0 Å². The number of ether oxygens (including phenoxy) is 1. The fraction of sp³-hybridized carbons (Fsp3) is 0.517. The molecule has 182 valence electrons. The second kappa shape index (κ2) is 11.7. The summed E-state index contributed by atoms with van der Waals surface area (Å²) < 4.78 is 6.24. The number of rotatable bonds is 9. The van der Waals surface area contributed by atoms with Gasteiger partial charge in [0.15, 0.2) is 0 Å². The number of benzene rings is 2. The van der Waals surface area contributed by atoms with Crippen LogP contribution in [-0.4, -0.2) is 36.2 Å². The van der Waals surface area contributed by atoms with Gasteiger partial charge in [-0.05, 0) is 63.8 Å². The van der Waals surface area contributed by atoms with Crippen molar-refractivity contribution >= 4 is 11.7 Å². The van der Waals surface area contributed by atoms with Crippen molar-refractivity contribution in [3.63, 3.8) is 0 Å². The van der Waals surface area contributed by atoms with Gasteiger partial charge in [-0.3, -0.25) is 9.59 Å². The number of Topliss-reactive ketones (excluding diaryl/α,β-unsaturated/α-hetero) is 1. The average Bonchev–Trinajstić information content (AvgIpc) is 3.37. The highest BCUT2D eigenvalue weighted by molar-refractivity contribution is 5.90. The Labute approximate surface area is 203 Å². The van der Waals surface area contributed by atoms with Gasteiger partial charge in [-0.25, -0.2) is 0 Å². The van der Waals surface area contributed by atoms with Crippen LogP contribution in [0.3, 0.4) is 0 Å². The Morgan fingerprint density at radius 3 is 2.41 bits per heavy atom. The first-order chi connectivity index (χ1) is 16.6. The van der Waals surface area contributed by atoms with Crippen molar-refractivity contribution in [2.45, 2.75) is 70.4 Å². The van der Waals surface area contributed by atoms with Gasteiger partial charge < -0.3 is 15.0 Å². The van der Waals surface area contributed by atoms with Gasteiger partial charge in [-0.2, -0.15) is 0 Å². The van der Waals surface area contributed by atoms with Gasteiger partial charge in [0.2, 0.25) is 5.91 Å². The smallest absolute Gasteiger partial charge is 0.226 e. The van der Waals surface area contributed by atoms with Crippen LogP contribution in [0.2, 0.25) is 0 Å². The van der Waals surface area contributed by atoms with Crippen LogP contribution >= 0.6 is 0 Å². The number of likely N-dealkylation sites (tertiary alicyclic amines) is 1. The molecule has 1 amide bonds. The molecule has 2 aliphatic rings. The molecule has 1 aliphatic carbocycles. The Morgan fingerprint density at radius 1 is 0.971 bits per heavy atom. The Kier molecular flexibility index (Phi) is 8.39. The monoisotopic (exact) mass is 462 g/mol. The van der Waals surface area contributed by atoms with E-state index in [2.05, 4.69) is 11.4 Å². The van der Waals surface area contributed by atoms with E-state index in [9.17, 15) is 9.59 Å². The molecule has 1 saturated carbocycles. The summed E-state index contributed by atoms with van der Waals surface area (Å²) in [5.41, 5.74) is 1.05. The van der Waals surface area contributed by atoms with Crippen molar-refractivity contribution in [2.24, 2.45) is 11.8 Å². The minimum Gasteiger partial charge on any atom is -0.457 e. The maximum absolute atomic E-state index is 14.1. The largest absolute Gasteiger partial charge is 0.457 e. The van der Waals surface area contributed by atoms with E-state index in [-0.39, 0.29) is 29.7 Å². The maximum atomic E-state index is 14.1. The standard InChI is InChI=1S/C29H38N2O3/c1-21(30-2)27(32)20-25(22-12-5-3-6-13-22)29(33)31-19-11-17-26(31)24-16-9-10-18-28(24)34-23-14-7-4-8-15-23/h4,7-10,14-16,18,21-22,25-26,30H,3,5-6,11-13,17,19-20H2,1-2H3/t21-,25-,26-/m0/s1. The number of ketones is 1. The molecule has 5 heteroatoms. The molecule has 1 N–H and O–H groups in total. The van der Waals surface area contributed by atoms with E-state index in [1.165, 1.54) is 6.42 Å². The van der Waals surface area contributed by atoms with E-state index in [0.29, 0.717) is 12.3 Å². The summed E-state index contributed by atoms with van der Waals surface area (Å²) in [6.45, 7) is 2.63. The van der Waals surface area contributed by atoms with Crippen molar-refractivity contribution in [2.75, 3.05) is 13.6 Å². The molecule has 1 aliphatic heterocycles. The minimum absolute atomic E-state index is 0.0182. The fourth-order valence-electron chi connectivity index (χ4n) is 5.58. The SMILES string of the molecule is CN[C@@H](C)C(=O)C[C@H](C(=O)N1CCC[C@H]1c1ccccc1Oc1ccccc1)C1CCCCC1. The molecule has 2 fully saturated rings. The number of nitrogens with one attached hydrogen (secondary N) is 1. The second-order valence-corrected chi connectivity index (χ2v) is 9.83. The highest BCUT2D eigenvalue weighted by Crippen LogP contribution is 2.41. The van der Waals surface area contributed by atoms with E-state index in [1.807, 2.05) is 60.4 Å². The highest BCUT2D eigenvalue weighted by Gasteiger charge is 2.39. The lowest BCUT2D eigenvalue weighted by Gasteiger charge is -2.35. The molecule has 0 aromatic heterocycles. The molecule has 34 heavy (non-hydrogen) atoms. The summed E-state index contributed by atoms with van der Waals surface area (Å²) in [5.74, 6) is 1.94. The fourth-order valence-corrected chi connectivity index (χ4v) is 5.58. The zero-order valence-electron chi connectivity index (χ0n) is 20.5. The Hall–Kier alpha value is -2.66. The summed E-state index contributed by atoms with van der Waals surface area (Å²) in [6.07, 6.45) is 7.84. The number of carbonyl (C=O) groups is 2. The molecule has 0 unspecified atom stereocenters. The summed E-state index contributed by atoms with van der Waals surface area (Å²) in [6, 6.07) is 17.6. The minimum atomic E-state index is -0.230. The third-order valence-corrected chi connectivity index (χ3v) is 7.66. The Morgan fingerprint density at radius 2 is 1.68 bits per heavy atom. The van der Waals surface area contributed by atoms with Crippen LogP contribution in [0.1, 0.15) is 69.9 Å². The number of amides is 1. The Balaban J connectivity index is 1.58. The van der Waals surface area contributed by atoms with Crippen LogP contribution in [0.15, 0.2) is 54.6 Å². The third kappa shape index (κ3) is 5.69. The van der Waals surface area contributed by atoms with Crippen molar-refractivity contribution in [3.05, 3.63) is 60.2 Å². The molecular weight excluding hydrogens is 424 g/mol. The van der Waals surface area contributed by atoms with Gasteiger partial charge in [-0.15, -0.1) is 0 Å². The maximum Gasteiger partial charge on any atom is 0.226 e. The van der Waals surface area contributed by atoms with Gasteiger partial charge in [-0.1, -0.05) is 55.7 Å². The second-order valence-electron chi connectivity index (χ2n) is 9.83. The number of para-hydroxylation sites is 2. The number of carbonyl (C=O) groups excluding carboxylic acids is 2. The number of likely N-dealkylation sites (N-methyl/N-ethyl adjacent to an activating group) is 1. The highest BCUT2D eigenvalue weighted by atomic mass is 16.5. The molecular formula is C29H38N2O3. The lowest BCUT2D eigenvalue weighted by Crippen LogP contribution is -2.42. The van der Waals surface area contributed by atoms with Crippen LogP contribution in [0.25, 0.3) is 0 Å². The molecule has 0 bridgehead atoms. The van der Waals surface area contributed by atoms with E-state index in [1.54, 1.807) is 7.05 Å². The van der Waals surface area contributed by atoms with Crippen LogP contribution < -0.4 is 10.1 Å². The van der Waals surface area contributed by atoms with Crippen molar-refractivity contribution in [1.29, 1.82) is 0 Å². The predicted molar refractivity (Wildman–Crippen MR) is 135 cm³/mol. The van der Waals surface area contributed by atoms with Crippen molar-refractivity contribution < 1.29 is 14.3 Å². The van der Waals surface area contributed by atoms with Gasteiger partial charge in [0.1, 0.15) is 17.3 Å². The van der Waals surface area contributed by atoms with E-state index >= 15 is 0 Å². The third-order valence-electron chi connectivity index (χ3n) is 7.66. The molecule has 4 rings (SSSR count). The van der Waals surface area contributed by atoms with Crippen molar-refractivity contribution in [3.8, 4) is 11.5 Å². The van der Waals surface area contributed by atoms with Crippen LogP contribution in [0.5, 0.6) is 11.5 Å². The summed E-state index contributed by atoms with van der Waals surface area (Å²) >= 11 is 0. The molecule has 2 aromatic carbocycles. The van der Waals surface area contributed by atoms with Gasteiger partial charge in [0, 0.05) is 24.4 Å². The van der Waals surface area contributed by atoms with Crippen LogP contribution in [0.4, 0.5) is 0 Å². The Bertz CT molecular complexity index is 955. The molecule has 1 saturated heterocycles.